The van der Waals surface area contributed by atoms with Crippen molar-refractivity contribution < 1.29 is 4.74 Å². The number of benzene rings is 2. The first kappa shape index (κ1) is 20.3. The molecule has 0 spiro atoms. The first-order valence-corrected chi connectivity index (χ1v) is 7.93. The summed E-state index contributed by atoms with van der Waals surface area (Å²) in [4.78, 5) is 4.26. The summed E-state index contributed by atoms with van der Waals surface area (Å²) in [6, 6.07) is 16.5. The molecule has 0 fully saturated rings. The van der Waals surface area contributed by atoms with Crippen LogP contribution in [0.2, 0.25) is 0 Å². The summed E-state index contributed by atoms with van der Waals surface area (Å²) >= 11 is 0. The number of nitrogens with zero attached hydrogens (tertiary/aromatic N) is 1. The van der Waals surface area contributed by atoms with Crippen LogP contribution in [0, 0.1) is 6.92 Å². The second-order valence-corrected chi connectivity index (χ2v) is 5.30. The molecule has 130 valence electrons. The summed E-state index contributed by atoms with van der Waals surface area (Å²) in [6.07, 6.45) is 0. The third-order valence-corrected chi connectivity index (χ3v) is 3.53. The molecule has 24 heavy (non-hydrogen) atoms. The van der Waals surface area contributed by atoms with Gasteiger partial charge in [-0.1, -0.05) is 42.5 Å². The van der Waals surface area contributed by atoms with Crippen molar-refractivity contribution in [1.82, 2.24) is 10.6 Å². The van der Waals surface area contributed by atoms with Gasteiger partial charge in [-0.3, -0.25) is 4.99 Å². The van der Waals surface area contributed by atoms with E-state index in [2.05, 4.69) is 46.8 Å². The monoisotopic (exact) mass is 439 g/mol. The lowest BCUT2D eigenvalue weighted by molar-refractivity contribution is 0.338. The lowest BCUT2D eigenvalue weighted by Crippen LogP contribution is -2.36. The summed E-state index contributed by atoms with van der Waals surface area (Å²) in [5, 5.41) is 6.65. The van der Waals surface area contributed by atoms with E-state index in [0.29, 0.717) is 6.61 Å². The van der Waals surface area contributed by atoms with Gasteiger partial charge in [-0.2, -0.15) is 0 Å². The van der Waals surface area contributed by atoms with Crippen molar-refractivity contribution in [2.24, 2.45) is 4.99 Å². The van der Waals surface area contributed by atoms with E-state index in [1.165, 1.54) is 11.1 Å². The molecule has 0 aliphatic carbocycles. The SMILES string of the molecule is CCOc1ccc(CNC(=NC)NCc2ccccc2)cc1C.I. The predicted octanol–water partition coefficient (Wildman–Crippen LogP) is 3.88. The molecule has 0 saturated heterocycles. The van der Waals surface area contributed by atoms with Gasteiger partial charge >= 0.3 is 0 Å². The number of hydrogen-bond acceptors (Lipinski definition) is 2. The third kappa shape index (κ3) is 6.39. The molecule has 0 aliphatic heterocycles. The molecule has 0 bridgehead atoms. The van der Waals surface area contributed by atoms with E-state index < -0.39 is 0 Å². The molecule has 0 heterocycles. The minimum Gasteiger partial charge on any atom is -0.494 e. The highest BCUT2D eigenvalue weighted by molar-refractivity contribution is 14.0. The fourth-order valence-corrected chi connectivity index (χ4v) is 2.33. The second-order valence-electron chi connectivity index (χ2n) is 5.30. The fraction of sp³-hybridized carbons (Fsp3) is 0.316. The summed E-state index contributed by atoms with van der Waals surface area (Å²) in [7, 11) is 1.78. The van der Waals surface area contributed by atoms with E-state index >= 15 is 0 Å². The van der Waals surface area contributed by atoms with Gasteiger partial charge in [0, 0.05) is 20.1 Å². The second kappa shape index (κ2) is 10.9. The van der Waals surface area contributed by atoms with Crippen LogP contribution in [0.3, 0.4) is 0 Å². The molecular formula is C19H26IN3O. The average Bonchev–Trinajstić information content (AvgIpc) is 2.58. The highest BCUT2D eigenvalue weighted by atomic mass is 127. The first-order valence-electron chi connectivity index (χ1n) is 7.93. The Bertz CT molecular complexity index is 644. The number of ether oxygens (including phenoxy) is 1. The number of halogens is 1. The maximum atomic E-state index is 5.57. The maximum Gasteiger partial charge on any atom is 0.191 e. The van der Waals surface area contributed by atoms with Gasteiger partial charge in [0.15, 0.2) is 5.96 Å². The minimum absolute atomic E-state index is 0. The van der Waals surface area contributed by atoms with Crippen LogP contribution < -0.4 is 15.4 Å². The van der Waals surface area contributed by atoms with Crippen LogP contribution in [-0.4, -0.2) is 19.6 Å². The Morgan fingerprint density at radius 3 is 2.25 bits per heavy atom. The van der Waals surface area contributed by atoms with E-state index in [1.807, 2.05) is 31.2 Å². The van der Waals surface area contributed by atoms with E-state index in [4.69, 9.17) is 4.74 Å². The number of rotatable bonds is 6. The van der Waals surface area contributed by atoms with Gasteiger partial charge in [-0.05, 0) is 36.6 Å². The molecular weight excluding hydrogens is 413 g/mol. The van der Waals surface area contributed by atoms with Gasteiger partial charge in [0.1, 0.15) is 5.75 Å². The maximum absolute atomic E-state index is 5.57. The predicted molar refractivity (Wildman–Crippen MR) is 111 cm³/mol. The van der Waals surface area contributed by atoms with Crippen molar-refractivity contribution in [3.63, 3.8) is 0 Å². The summed E-state index contributed by atoms with van der Waals surface area (Å²) in [6.45, 7) is 6.23. The Morgan fingerprint density at radius 2 is 1.67 bits per heavy atom. The molecule has 0 atom stereocenters. The molecule has 2 rings (SSSR count). The number of hydrogen-bond donors (Lipinski definition) is 2. The normalized spacial score (nSPS) is 10.7. The van der Waals surface area contributed by atoms with Crippen LogP contribution in [0.1, 0.15) is 23.6 Å². The van der Waals surface area contributed by atoms with Gasteiger partial charge in [-0.25, -0.2) is 0 Å². The third-order valence-electron chi connectivity index (χ3n) is 3.53. The molecule has 0 aliphatic rings. The molecule has 2 N–H and O–H groups in total. The largest absolute Gasteiger partial charge is 0.494 e. The Labute approximate surface area is 161 Å². The molecule has 0 unspecified atom stereocenters. The Balaban J connectivity index is 0.00000288. The molecule has 2 aromatic carbocycles. The quantitative estimate of drug-likeness (QED) is 0.408. The van der Waals surface area contributed by atoms with Gasteiger partial charge < -0.3 is 15.4 Å². The van der Waals surface area contributed by atoms with Gasteiger partial charge in [-0.15, -0.1) is 24.0 Å². The molecule has 2 aromatic rings. The number of aliphatic imine (C=N–C) groups is 1. The zero-order valence-electron chi connectivity index (χ0n) is 14.5. The van der Waals surface area contributed by atoms with E-state index in [-0.39, 0.29) is 24.0 Å². The number of guanidine groups is 1. The first-order chi connectivity index (χ1) is 11.2. The van der Waals surface area contributed by atoms with Crippen molar-refractivity contribution in [2.75, 3.05) is 13.7 Å². The lowest BCUT2D eigenvalue weighted by Gasteiger charge is -2.13. The van der Waals surface area contributed by atoms with E-state index in [9.17, 15) is 0 Å². The van der Waals surface area contributed by atoms with Crippen LogP contribution in [0.25, 0.3) is 0 Å². The summed E-state index contributed by atoms with van der Waals surface area (Å²) < 4.78 is 5.57. The highest BCUT2D eigenvalue weighted by Gasteiger charge is 2.02. The molecule has 0 radical (unpaired) electrons. The van der Waals surface area contributed by atoms with Crippen LogP contribution in [0.15, 0.2) is 53.5 Å². The van der Waals surface area contributed by atoms with Crippen molar-refractivity contribution in [3.8, 4) is 5.75 Å². The molecule has 0 aromatic heterocycles. The minimum atomic E-state index is 0. The zero-order valence-corrected chi connectivity index (χ0v) is 16.8. The van der Waals surface area contributed by atoms with Crippen molar-refractivity contribution in [2.45, 2.75) is 26.9 Å². The lowest BCUT2D eigenvalue weighted by atomic mass is 10.1. The highest BCUT2D eigenvalue weighted by Crippen LogP contribution is 2.18. The van der Waals surface area contributed by atoms with E-state index in [0.717, 1.165) is 30.4 Å². The standard InChI is InChI=1S/C19H25N3O.HI/c1-4-23-18-11-10-17(12-15(18)2)14-22-19(20-3)21-13-16-8-6-5-7-9-16;/h5-12H,4,13-14H2,1-3H3,(H2,20,21,22);1H. The average molecular weight is 439 g/mol. The van der Waals surface area contributed by atoms with Gasteiger partial charge in [0.05, 0.1) is 6.61 Å². The van der Waals surface area contributed by atoms with Crippen LogP contribution in [-0.2, 0) is 13.1 Å². The van der Waals surface area contributed by atoms with Crippen LogP contribution in [0.5, 0.6) is 5.75 Å². The smallest absolute Gasteiger partial charge is 0.191 e. The summed E-state index contributed by atoms with van der Waals surface area (Å²) in [5.74, 6) is 1.74. The van der Waals surface area contributed by atoms with Gasteiger partial charge in [0.2, 0.25) is 0 Å². The Hall–Kier alpha value is -1.76. The zero-order chi connectivity index (χ0) is 16.5. The summed E-state index contributed by atoms with van der Waals surface area (Å²) in [5.41, 5.74) is 3.58. The molecule has 0 amide bonds. The Morgan fingerprint density at radius 1 is 1.00 bits per heavy atom. The van der Waals surface area contributed by atoms with Crippen molar-refractivity contribution >= 4 is 29.9 Å². The van der Waals surface area contributed by atoms with Crippen molar-refractivity contribution in [1.29, 1.82) is 0 Å². The number of aryl methyl sites for hydroxylation is 1. The fourth-order valence-electron chi connectivity index (χ4n) is 2.33. The Kier molecular flexibility index (Phi) is 9.22. The van der Waals surface area contributed by atoms with Gasteiger partial charge in [0.25, 0.3) is 0 Å². The molecule has 4 nitrogen and oxygen atoms in total. The number of nitrogens with one attached hydrogen (secondary N) is 2. The molecule has 5 heteroatoms. The molecule has 0 saturated carbocycles. The van der Waals surface area contributed by atoms with Crippen molar-refractivity contribution in [3.05, 3.63) is 65.2 Å². The van der Waals surface area contributed by atoms with Crippen LogP contribution >= 0.6 is 24.0 Å². The van der Waals surface area contributed by atoms with Crippen LogP contribution in [0.4, 0.5) is 0 Å². The topological polar surface area (TPSA) is 45.6 Å². The van der Waals surface area contributed by atoms with E-state index in [1.54, 1.807) is 7.05 Å².